The van der Waals surface area contributed by atoms with Crippen molar-refractivity contribution in [2.75, 3.05) is 0 Å². The SMILES string of the molecule is CCCCCCCCCCCCc1ccccc1S(=O)(=O)[O-].O=S(=O)(O)c1ccccc1.[Na+]. The maximum atomic E-state index is 11.2. The Morgan fingerprint density at radius 1 is 0.697 bits per heavy atom. The quantitative estimate of drug-likeness (QED) is 0.254. The Morgan fingerprint density at radius 2 is 1.15 bits per heavy atom. The van der Waals surface area contributed by atoms with Crippen molar-refractivity contribution in [1.29, 1.82) is 0 Å². The van der Waals surface area contributed by atoms with E-state index < -0.39 is 20.2 Å². The number of aryl methyl sites for hydroxylation is 1. The molecule has 0 aliphatic carbocycles. The summed E-state index contributed by atoms with van der Waals surface area (Å²) in [7, 11) is -8.35. The predicted molar refractivity (Wildman–Crippen MR) is 126 cm³/mol. The zero-order chi connectivity index (χ0) is 23.9. The second kappa shape index (κ2) is 17.7. The van der Waals surface area contributed by atoms with Gasteiger partial charge in [-0.3, -0.25) is 4.55 Å². The van der Waals surface area contributed by atoms with Crippen LogP contribution >= 0.6 is 0 Å². The molecule has 0 saturated carbocycles. The molecule has 0 fully saturated rings. The van der Waals surface area contributed by atoms with Gasteiger partial charge in [0.05, 0.1) is 9.79 Å². The summed E-state index contributed by atoms with van der Waals surface area (Å²) in [5, 5.41) is 0. The summed E-state index contributed by atoms with van der Waals surface area (Å²) in [5.74, 6) is 0. The average Bonchev–Trinajstić information content (AvgIpc) is 2.75. The van der Waals surface area contributed by atoms with Gasteiger partial charge < -0.3 is 4.55 Å². The smallest absolute Gasteiger partial charge is 0.744 e. The molecule has 9 heteroatoms. The van der Waals surface area contributed by atoms with Crippen LogP contribution in [0.15, 0.2) is 64.4 Å². The van der Waals surface area contributed by atoms with Crippen LogP contribution in [0.4, 0.5) is 0 Å². The van der Waals surface area contributed by atoms with E-state index in [-0.39, 0.29) is 39.3 Å². The van der Waals surface area contributed by atoms with Crippen molar-refractivity contribution in [3.63, 3.8) is 0 Å². The molecule has 0 spiro atoms. The van der Waals surface area contributed by atoms with Crippen molar-refractivity contribution in [3.8, 4) is 0 Å². The summed E-state index contributed by atoms with van der Waals surface area (Å²) in [6.07, 6.45) is 13.2. The largest absolute Gasteiger partial charge is 1.00 e. The molecule has 0 aliphatic rings. The third kappa shape index (κ3) is 15.0. The first-order valence-corrected chi connectivity index (χ1v) is 14.1. The minimum atomic E-state index is -4.35. The summed E-state index contributed by atoms with van der Waals surface area (Å²) in [6.45, 7) is 2.23. The van der Waals surface area contributed by atoms with Gasteiger partial charge in [-0.05, 0) is 36.6 Å². The van der Waals surface area contributed by atoms with Gasteiger partial charge in [-0.1, -0.05) is 101 Å². The van der Waals surface area contributed by atoms with Crippen molar-refractivity contribution < 1.29 is 55.5 Å². The van der Waals surface area contributed by atoms with Crippen LogP contribution in [0.25, 0.3) is 0 Å². The molecule has 0 radical (unpaired) electrons. The number of unbranched alkanes of at least 4 members (excludes halogenated alkanes) is 9. The molecule has 0 aromatic heterocycles. The summed E-state index contributed by atoms with van der Waals surface area (Å²) >= 11 is 0. The first kappa shape index (κ1) is 32.3. The molecule has 2 rings (SSSR count). The minimum absolute atomic E-state index is 0. The van der Waals surface area contributed by atoms with E-state index in [9.17, 15) is 21.4 Å². The Labute approximate surface area is 222 Å². The van der Waals surface area contributed by atoms with Crippen LogP contribution in [0, 0.1) is 0 Å². The van der Waals surface area contributed by atoms with E-state index in [2.05, 4.69) is 6.92 Å². The maximum absolute atomic E-state index is 11.2. The fraction of sp³-hybridized carbons (Fsp3) is 0.500. The second-order valence-electron chi connectivity index (χ2n) is 7.78. The number of benzene rings is 2. The van der Waals surface area contributed by atoms with Crippen molar-refractivity contribution in [2.45, 2.75) is 87.3 Å². The Bertz CT molecular complexity index is 977. The molecule has 6 nitrogen and oxygen atoms in total. The van der Waals surface area contributed by atoms with Crippen molar-refractivity contribution in [2.24, 2.45) is 0 Å². The molecule has 0 bridgehead atoms. The normalized spacial score (nSPS) is 11.2. The summed E-state index contributed by atoms with van der Waals surface area (Å²) < 4.78 is 62.8. The number of hydrogen-bond acceptors (Lipinski definition) is 5. The monoisotopic (exact) mass is 506 g/mol. The van der Waals surface area contributed by atoms with E-state index in [4.69, 9.17) is 4.55 Å². The minimum Gasteiger partial charge on any atom is -0.744 e. The molecule has 0 saturated heterocycles. The van der Waals surface area contributed by atoms with Gasteiger partial charge in [0.1, 0.15) is 10.1 Å². The van der Waals surface area contributed by atoms with Gasteiger partial charge in [0.25, 0.3) is 10.1 Å². The maximum Gasteiger partial charge on any atom is 1.00 e. The molecule has 2 aromatic rings. The summed E-state index contributed by atoms with van der Waals surface area (Å²) in [4.78, 5) is -0.124. The van der Waals surface area contributed by atoms with E-state index in [0.29, 0.717) is 12.0 Å². The van der Waals surface area contributed by atoms with Crippen molar-refractivity contribution >= 4 is 20.2 Å². The van der Waals surface area contributed by atoms with E-state index in [0.717, 1.165) is 12.8 Å². The summed E-state index contributed by atoms with van der Waals surface area (Å²) in [5.41, 5.74) is 0.664. The topological polar surface area (TPSA) is 112 Å². The van der Waals surface area contributed by atoms with Gasteiger partial charge in [-0.25, -0.2) is 8.42 Å². The van der Waals surface area contributed by atoms with Crippen LogP contribution in [0.1, 0.15) is 76.7 Å². The molecule has 33 heavy (non-hydrogen) atoms. The molecular formula is C24H35NaO6S2. The van der Waals surface area contributed by atoms with Gasteiger partial charge in [0.2, 0.25) is 0 Å². The fourth-order valence-corrected chi connectivity index (χ4v) is 4.59. The van der Waals surface area contributed by atoms with Crippen LogP contribution in [0.2, 0.25) is 0 Å². The molecule has 0 heterocycles. The van der Waals surface area contributed by atoms with Gasteiger partial charge in [-0.2, -0.15) is 8.42 Å². The Balaban J connectivity index is 0.000000779. The van der Waals surface area contributed by atoms with Crippen LogP contribution in [-0.4, -0.2) is 25.9 Å². The molecule has 180 valence electrons. The molecule has 0 amide bonds. The summed E-state index contributed by atoms with van der Waals surface area (Å²) in [6, 6.07) is 14.0. The van der Waals surface area contributed by atoms with E-state index in [1.807, 2.05) is 0 Å². The molecule has 0 aliphatic heterocycles. The Kier molecular flexibility index (Phi) is 17.3. The van der Waals surface area contributed by atoms with Gasteiger partial charge >= 0.3 is 29.6 Å². The van der Waals surface area contributed by atoms with E-state index >= 15 is 0 Å². The van der Waals surface area contributed by atoms with E-state index in [1.54, 1.807) is 36.4 Å². The predicted octanol–water partition coefficient (Wildman–Crippen LogP) is 2.99. The number of rotatable bonds is 13. The molecule has 1 N–H and O–H groups in total. The Morgan fingerprint density at radius 3 is 1.61 bits per heavy atom. The third-order valence-corrected chi connectivity index (χ3v) is 6.89. The first-order valence-electron chi connectivity index (χ1n) is 11.2. The van der Waals surface area contributed by atoms with Crippen molar-refractivity contribution in [1.82, 2.24) is 0 Å². The first-order chi connectivity index (χ1) is 15.2. The fourth-order valence-electron chi connectivity index (χ4n) is 3.35. The van der Waals surface area contributed by atoms with Gasteiger partial charge in [0, 0.05) is 0 Å². The third-order valence-electron chi connectivity index (χ3n) is 5.08. The Hall–Kier alpha value is -0.740. The zero-order valence-electron chi connectivity index (χ0n) is 19.8. The van der Waals surface area contributed by atoms with Gasteiger partial charge in [0.15, 0.2) is 0 Å². The second-order valence-corrected chi connectivity index (χ2v) is 10.6. The van der Waals surface area contributed by atoms with E-state index in [1.165, 1.54) is 69.6 Å². The zero-order valence-corrected chi connectivity index (χ0v) is 23.4. The molecule has 2 aromatic carbocycles. The van der Waals surface area contributed by atoms with Gasteiger partial charge in [-0.15, -0.1) is 0 Å². The van der Waals surface area contributed by atoms with Crippen LogP contribution in [0.5, 0.6) is 0 Å². The van der Waals surface area contributed by atoms with Crippen molar-refractivity contribution in [3.05, 3.63) is 60.2 Å². The van der Waals surface area contributed by atoms with Crippen LogP contribution in [-0.2, 0) is 26.7 Å². The number of hydrogen-bond donors (Lipinski definition) is 1. The van der Waals surface area contributed by atoms with Crippen LogP contribution in [0.3, 0.4) is 0 Å². The molecule has 0 unspecified atom stereocenters. The standard InChI is InChI=1S/C18H30O3S.C6H6O3S.Na/c1-2-3-4-5-6-7-8-9-10-11-14-17-15-12-13-16-18(17)22(19,20)21;7-10(8,9)6-4-2-1-3-5-6;/h12-13,15-16H,2-11,14H2,1H3,(H,19,20,21);1-5H,(H,7,8,9);/q;;+1/p-1. The molecule has 0 atom stereocenters. The average molecular weight is 507 g/mol. The molecular weight excluding hydrogens is 471 g/mol. The van der Waals surface area contributed by atoms with Crippen LogP contribution < -0.4 is 29.6 Å².